The van der Waals surface area contributed by atoms with Crippen LogP contribution in [0.1, 0.15) is 33.6 Å². The minimum atomic E-state index is -3.74. The first-order chi connectivity index (χ1) is 8.02. The molecular formula is C11H21F2O4P. The minimum absolute atomic E-state index is 0.516. The van der Waals surface area contributed by atoms with Gasteiger partial charge in [0.25, 0.3) is 0 Å². The SMILES string of the molecule is CCC(C)(C)CC(F)(F)C(=O)CP(=O)(OC)OC. The molecule has 0 radical (unpaired) electrons. The van der Waals surface area contributed by atoms with Crippen LogP contribution in [0, 0.1) is 5.41 Å². The van der Waals surface area contributed by atoms with Crippen LogP contribution >= 0.6 is 7.60 Å². The third-order valence-corrected chi connectivity index (χ3v) is 4.75. The maximum atomic E-state index is 13.7. The molecule has 0 spiro atoms. The highest BCUT2D eigenvalue weighted by Gasteiger charge is 2.45. The fraction of sp³-hybridized carbons (Fsp3) is 0.909. The number of halogens is 2. The molecule has 0 aromatic rings. The third kappa shape index (κ3) is 5.12. The minimum Gasteiger partial charge on any atom is -0.312 e. The zero-order valence-electron chi connectivity index (χ0n) is 11.5. The Balaban J connectivity index is 4.82. The summed E-state index contributed by atoms with van der Waals surface area (Å²) in [5, 5.41) is 0. The van der Waals surface area contributed by atoms with Crippen LogP contribution in [0.3, 0.4) is 0 Å². The summed E-state index contributed by atoms with van der Waals surface area (Å²) in [4.78, 5) is 11.5. The number of hydrogen-bond donors (Lipinski definition) is 0. The van der Waals surface area contributed by atoms with Crippen molar-refractivity contribution in [3.8, 4) is 0 Å². The molecule has 0 aliphatic carbocycles. The van der Waals surface area contributed by atoms with Crippen molar-refractivity contribution in [1.82, 2.24) is 0 Å². The first-order valence-electron chi connectivity index (χ1n) is 5.63. The molecule has 0 aliphatic heterocycles. The van der Waals surface area contributed by atoms with Crippen molar-refractivity contribution in [2.45, 2.75) is 39.5 Å². The van der Waals surface area contributed by atoms with E-state index in [-0.39, 0.29) is 0 Å². The van der Waals surface area contributed by atoms with E-state index < -0.39 is 37.3 Å². The van der Waals surface area contributed by atoms with Crippen LogP contribution in [0.2, 0.25) is 0 Å². The zero-order chi connectivity index (χ0) is 14.6. The standard InChI is InChI=1S/C11H21F2O4P/c1-6-10(2,3)8-11(12,13)9(14)7-18(15,16-4)17-5/h6-8H2,1-5H3. The molecular weight excluding hydrogens is 265 g/mol. The van der Waals surface area contributed by atoms with Gasteiger partial charge in [0, 0.05) is 20.6 Å². The van der Waals surface area contributed by atoms with Crippen LogP contribution in [0.4, 0.5) is 8.78 Å². The predicted molar refractivity (Wildman–Crippen MR) is 65.1 cm³/mol. The number of hydrogen-bond acceptors (Lipinski definition) is 4. The van der Waals surface area contributed by atoms with Gasteiger partial charge in [0.15, 0.2) is 0 Å². The molecule has 0 amide bonds. The molecule has 0 bridgehead atoms. The zero-order valence-corrected chi connectivity index (χ0v) is 12.4. The van der Waals surface area contributed by atoms with Gasteiger partial charge < -0.3 is 9.05 Å². The summed E-state index contributed by atoms with van der Waals surface area (Å²) in [6.45, 7) is 5.08. The molecule has 0 aliphatic rings. The number of rotatable bonds is 8. The van der Waals surface area contributed by atoms with Crippen LogP contribution in [-0.4, -0.2) is 32.1 Å². The fourth-order valence-corrected chi connectivity index (χ4v) is 2.31. The summed E-state index contributed by atoms with van der Waals surface area (Å²) in [7, 11) is -1.61. The summed E-state index contributed by atoms with van der Waals surface area (Å²) in [6, 6.07) is 0. The van der Waals surface area contributed by atoms with E-state index in [0.29, 0.717) is 6.42 Å². The Morgan fingerprint density at radius 3 is 2.00 bits per heavy atom. The molecule has 4 nitrogen and oxygen atoms in total. The molecule has 0 aromatic heterocycles. The van der Waals surface area contributed by atoms with Crippen molar-refractivity contribution in [1.29, 1.82) is 0 Å². The molecule has 0 aromatic carbocycles. The quantitative estimate of drug-likeness (QED) is 0.641. The Bertz CT molecular complexity index is 334. The molecule has 0 rings (SSSR count). The van der Waals surface area contributed by atoms with E-state index in [2.05, 4.69) is 9.05 Å². The summed E-state index contributed by atoms with van der Waals surface area (Å²) >= 11 is 0. The second kappa shape index (κ2) is 6.22. The third-order valence-electron chi connectivity index (χ3n) is 2.96. The van der Waals surface area contributed by atoms with Gasteiger partial charge in [0.1, 0.15) is 6.16 Å². The van der Waals surface area contributed by atoms with Gasteiger partial charge in [-0.25, -0.2) is 0 Å². The Hall–Kier alpha value is -0.320. The molecule has 108 valence electrons. The monoisotopic (exact) mass is 286 g/mol. The molecule has 18 heavy (non-hydrogen) atoms. The van der Waals surface area contributed by atoms with Gasteiger partial charge in [-0.3, -0.25) is 9.36 Å². The maximum Gasteiger partial charge on any atom is 0.337 e. The number of carbonyl (C=O) groups is 1. The van der Waals surface area contributed by atoms with Crippen LogP contribution in [0.15, 0.2) is 0 Å². The highest BCUT2D eigenvalue weighted by Crippen LogP contribution is 2.48. The van der Waals surface area contributed by atoms with Gasteiger partial charge in [0.05, 0.1) is 0 Å². The Labute approximate surface area is 107 Å². The molecule has 0 saturated heterocycles. The first kappa shape index (κ1) is 17.7. The van der Waals surface area contributed by atoms with Crippen LogP contribution in [0.5, 0.6) is 0 Å². The number of carbonyl (C=O) groups excluding carboxylic acids is 1. The number of Topliss-reactive ketones (excluding diaryl/α,β-unsaturated/α-hetero) is 1. The lowest BCUT2D eigenvalue weighted by atomic mass is 9.83. The normalized spacial score (nSPS) is 13.7. The lowest BCUT2D eigenvalue weighted by Gasteiger charge is -2.28. The van der Waals surface area contributed by atoms with Gasteiger partial charge in [0.2, 0.25) is 5.78 Å². The smallest absolute Gasteiger partial charge is 0.312 e. The van der Waals surface area contributed by atoms with Crippen molar-refractivity contribution in [3.05, 3.63) is 0 Å². The number of ketones is 1. The lowest BCUT2D eigenvalue weighted by molar-refractivity contribution is -0.145. The van der Waals surface area contributed by atoms with Crippen LogP contribution in [-0.2, 0) is 18.4 Å². The Morgan fingerprint density at radius 2 is 1.67 bits per heavy atom. The average Bonchev–Trinajstić information content (AvgIpc) is 2.27. The second-order valence-corrected chi connectivity index (χ2v) is 7.22. The van der Waals surface area contributed by atoms with Gasteiger partial charge >= 0.3 is 13.5 Å². The van der Waals surface area contributed by atoms with Gasteiger partial charge in [-0.1, -0.05) is 27.2 Å². The molecule has 0 saturated carbocycles. The van der Waals surface area contributed by atoms with E-state index >= 15 is 0 Å². The average molecular weight is 286 g/mol. The summed E-state index contributed by atoms with van der Waals surface area (Å²) in [5.74, 6) is -4.93. The Kier molecular flexibility index (Phi) is 6.11. The van der Waals surface area contributed by atoms with Crippen molar-refractivity contribution >= 4 is 13.4 Å². The second-order valence-electron chi connectivity index (χ2n) is 4.96. The van der Waals surface area contributed by atoms with Crippen molar-refractivity contribution in [2.75, 3.05) is 20.4 Å². The largest absolute Gasteiger partial charge is 0.337 e. The van der Waals surface area contributed by atoms with E-state index in [1.54, 1.807) is 20.8 Å². The predicted octanol–water partition coefficient (Wildman–Crippen LogP) is 3.50. The topological polar surface area (TPSA) is 52.6 Å². The van der Waals surface area contributed by atoms with Crippen molar-refractivity contribution in [3.63, 3.8) is 0 Å². The van der Waals surface area contributed by atoms with Gasteiger partial charge in [-0.15, -0.1) is 0 Å². The highest BCUT2D eigenvalue weighted by atomic mass is 31.2. The van der Waals surface area contributed by atoms with Gasteiger partial charge in [-0.2, -0.15) is 8.78 Å². The van der Waals surface area contributed by atoms with Crippen molar-refractivity contribution < 1.29 is 27.2 Å². The van der Waals surface area contributed by atoms with Gasteiger partial charge in [-0.05, 0) is 5.41 Å². The molecule has 0 atom stereocenters. The lowest BCUT2D eigenvalue weighted by Crippen LogP contribution is -2.36. The van der Waals surface area contributed by atoms with E-state index in [1.165, 1.54) is 0 Å². The molecule has 0 N–H and O–H groups in total. The Morgan fingerprint density at radius 1 is 1.22 bits per heavy atom. The fourth-order valence-electron chi connectivity index (χ4n) is 1.32. The molecule has 0 heterocycles. The summed E-state index contributed by atoms with van der Waals surface area (Å²) in [5.41, 5.74) is -0.663. The van der Waals surface area contributed by atoms with Crippen molar-refractivity contribution in [2.24, 2.45) is 5.41 Å². The highest BCUT2D eigenvalue weighted by molar-refractivity contribution is 7.54. The first-order valence-corrected chi connectivity index (χ1v) is 7.36. The molecule has 7 heteroatoms. The summed E-state index contributed by atoms with van der Waals surface area (Å²) < 4.78 is 48.1. The maximum absolute atomic E-state index is 13.7. The van der Waals surface area contributed by atoms with E-state index in [9.17, 15) is 18.1 Å². The molecule has 0 fully saturated rings. The van der Waals surface area contributed by atoms with E-state index in [1.807, 2.05) is 0 Å². The van der Waals surface area contributed by atoms with Crippen LogP contribution < -0.4 is 0 Å². The molecule has 0 unspecified atom stereocenters. The van der Waals surface area contributed by atoms with E-state index in [0.717, 1.165) is 14.2 Å². The summed E-state index contributed by atoms with van der Waals surface area (Å²) in [6.07, 6.45) is -0.975. The number of alkyl halides is 2. The van der Waals surface area contributed by atoms with E-state index in [4.69, 9.17) is 0 Å². The van der Waals surface area contributed by atoms with Crippen LogP contribution in [0.25, 0.3) is 0 Å².